The van der Waals surface area contributed by atoms with E-state index < -0.39 is 0 Å². The van der Waals surface area contributed by atoms with Crippen molar-refractivity contribution < 1.29 is 4.79 Å². The van der Waals surface area contributed by atoms with Gasteiger partial charge in [0.25, 0.3) is 0 Å². The van der Waals surface area contributed by atoms with Gasteiger partial charge in [0, 0.05) is 13.1 Å². The molecular formula is C17H24N2OS. The van der Waals surface area contributed by atoms with Crippen molar-refractivity contribution in [2.75, 3.05) is 13.1 Å². The van der Waals surface area contributed by atoms with Gasteiger partial charge < -0.3 is 10.6 Å². The first-order valence-electron chi connectivity index (χ1n) is 7.73. The number of carbonyl (C=O) groups excluding carboxylic acids is 1. The molecule has 2 rings (SSSR count). The summed E-state index contributed by atoms with van der Waals surface area (Å²) >= 11 is 5.15. The number of nitrogens with two attached hydrogens (primary N) is 1. The summed E-state index contributed by atoms with van der Waals surface area (Å²) in [6, 6.07) is 9.95. The highest BCUT2D eigenvalue weighted by Crippen LogP contribution is 2.27. The normalized spacial score (nSPS) is 16.0. The Bertz CT molecular complexity index is 485. The molecule has 0 saturated heterocycles. The van der Waals surface area contributed by atoms with Crippen LogP contribution in [0.25, 0.3) is 0 Å². The monoisotopic (exact) mass is 304 g/mol. The Hall–Kier alpha value is -1.42. The lowest BCUT2D eigenvalue weighted by molar-refractivity contribution is -0.134. The van der Waals surface area contributed by atoms with E-state index in [1.807, 2.05) is 42.2 Å². The third-order valence-electron chi connectivity index (χ3n) is 4.32. The Kier molecular flexibility index (Phi) is 5.74. The average molecular weight is 304 g/mol. The molecule has 21 heavy (non-hydrogen) atoms. The third kappa shape index (κ3) is 4.27. The molecule has 0 spiro atoms. The highest BCUT2D eigenvalue weighted by molar-refractivity contribution is 7.80. The summed E-state index contributed by atoms with van der Waals surface area (Å²) in [7, 11) is 0. The summed E-state index contributed by atoms with van der Waals surface area (Å²) in [6.07, 6.45) is 4.36. The summed E-state index contributed by atoms with van der Waals surface area (Å²) < 4.78 is 0. The van der Waals surface area contributed by atoms with Crippen molar-refractivity contribution in [1.82, 2.24) is 4.90 Å². The minimum Gasteiger partial charge on any atom is -0.393 e. The van der Waals surface area contributed by atoms with Crippen LogP contribution in [-0.4, -0.2) is 28.9 Å². The van der Waals surface area contributed by atoms with Crippen LogP contribution in [0.5, 0.6) is 0 Å². The van der Waals surface area contributed by atoms with Crippen LogP contribution < -0.4 is 5.73 Å². The van der Waals surface area contributed by atoms with Crippen LogP contribution in [-0.2, 0) is 11.2 Å². The second-order valence-corrected chi connectivity index (χ2v) is 6.29. The molecule has 0 radical (unpaired) electrons. The molecule has 1 fully saturated rings. The molecule has 1 amide bonds. The van der Waals surface area contributed by atoms with Crippen LogP contribution in [0, 0.1) is 11.8 Å². The van der Waals surface area contributed by atoms with Crippen molar-refractivity contribution in [2.45, 2.75) is 32.6 Å². The molecule has 3 nitrogen and oxygen atoms in total. The molecule has 114 valence electrons. The molecule has 0 heterocycles. The summed E-state index contributed by atoms with van der Waals surface area (Å²) in [5, 5.41) is 0. The van der Waals surface area contributed by atoms with Gasteiger partial charge >= 0.3 is 0 Å². The molecule has 1 aromatic carbocycles. The van der Waals surface area contributed by atoms with E-state index >= 15 is 0 Å². The van der Waals surface area contributed by atoms with Crippen LogP contribution in [0.15, 0.2) is 30.3 Å². The molecule has 1 unspecified atom stereocenters. The van der Waals surface area contributed by atoms with Gasteiger partial charge in [-0.05, 0) is 37.7 Å². The Balaban J connectivity index is 2.04. The van der Waals surface area contributed by atoms with Crippen LogP contribution >= 0.6 is 12.2 Å². The number of benzene rings is 1. The summed E-state index contributed by atoms with van der Waals surface area (Å²) in [6.45, 7) is 3.60. The van der Waals surface area contributed by atoms with E-state index in [1.165, 1.54) is 19.3 Å². The first-order valence-corrected chi connectivity index (χ1v) is 8.14. The van der Waals surface area contributed by atoms with E-state index in [4.69, 9.17) is 18.0 Å². The lowest BCUT2D eigenvalue weighted by Gasteiger charge is -2.33. The number of amides is 1. The number of thiocarbonyl (C=S) groups is 1. The molecule has 0 aromatic heterocycles. The maximum Gasteiger partial charge on any atom is 0.232 e. The quantitative estimate of drug-likeness (QED) is 0.788. The highest BCUT2D eigenvalue weighted by Gasteiger charge is 2.29. The molecule has 4 heteroatoms. The molecule has 1 aliphatic carbocycles. The number of rotatable bonds is 7. The maximum atomic E-state index is 12.8. The fourth-order valence-corrected chi connectivity index (χ4v) is 2.93. The van der Waals surface area contributed by atoms with Gasteiger partial charge in [-0.3, -0.25) is 4.79 Å². The number of nitrogens with zero attached hydrogens (tertiary/aromatic N) is 1. The maximum absolute atomic E-state index is 12.8. The first kappa shape index (κ1) is 16.0. The van der Waals surface area contributed by atoms with E-state index in [0.717, 1.165) is 18.7 Å². The van der Waals surface area contributed by atoms with Gasteiger partial charge in [0.05, 0.1) is 10.9 Å². The fraction of sp³-hybridized carbons (Fsp3) is 0.529. The lowest BCUT2D eigenvalue weighted by Crippen LogP contribution is -2.45. The van der Waals surface area contributed by atoms with E-state index in [1.54, 1.807) is 0 Å². The predicted octanol–water partition coefficient (Wildman–Crippen LogP) is 2.78. The molecule has 1 saturated carbocycles. The van der Waals surface area contributed by atoms with Crippen LogP contribution in [0.1, 0.15) is 31.7 Å². The zero-order valence-corrected chi connectivity index (χ0v) is 13.4. The van der Waals surface area contributed by atoms with Crippen molar-refractivity contribution in [3.05, 3.63) is 35.9 Å². The lowest BCUT2D eigenvalue weighted by atomic mass is 9.84. The topological polar surface area (TPSA) is 46.3 Å². The van der Waals surface area contributed by atoms with Crippen molar-refractivity contribution in [3.8, 4) is 0 Å². The summed E-state index contributed by atoms with van der Waals surface area (Å²) in [5.41, 5.74) is 6.94. The van der Waals surface area contributed by atoms with E-state index in [2.05, 4.69) is 0 Å². The van der Waals surface area contributed by atoms with Crippen LogP contribution in [0.4, 0.5) is 0 Å². The molecule has 1 atom stereocenters. The second-order valence-electron chi connectivity index (χ2n) is 5.82. The molecule has 0 aliphatic heterocycles. The number of hydrogen-bond donors (Lipinski definition) is 1. The SMILES string of the molecule is CCN(CC1CCC1)C(=O)C(Cc1ccccc1)C(N)=S. The Morgan fingerprint density at radius 3 is 2.52 bits per heavy atom. The molecule has 0 bridgehead atoms. The highest BCUT2D eigenvalue weighted by atomic mass is 32.1. The summed E-state index contributed by atoms with van der Waals surface area (Å²) in [4.78, 5) is 15.0. The van der Waals surface area contributed by atoms with Gasteiger partial charge in [0.1, 0.15) is 0 Å². The second kappa shape index (κ2) is 7.55. The average Bonchev–Trinajstić information content (AvgIpc) is 2.44. The molecular weight excluding hydrogens is 280 g/mol. The van der Waals surface area contributed by atoms with E-state index in [-0.39, 0.29) is 11.8 Å². The van der Waals surface area contributed by atoms with E-state index in [0.29, 0.717) is 17.3 Å². The number of carbonyl (C=O) groups is 1. The Morgan fingerprint density at radius 1 is 1.38 bits per heavy atom. The Morgan fingerprint density at radius 2 is 2.05 bits per heavy atom. The Labute approximate surface area is 132 Å². The van der Waals surface area contributed by atoms with Gasteiger partial charge in [-0.2, -0.15) is 0 Å². The van der Waals surface area contributed by atoms with Crippen LogP contribution in [0.2, 0.25) is 0 Å². The minimum atomic E-state index is -0.387. The molecule has 1 aromatic rings. The fourth-order valence-electron chi connectivity index (χ4n) is 2.74. The van der Waals surface area contributed by atoms with Gasteiger partial charge in [-0.1, -0.05) is 49.0 Å². The van der Waals surface area contributed by atoms with Crippen molar-refractivity contribution >= 4 is 23.1 Å². The van der Waals surface area contributed by atoms with Gasteiger partial charge in [-0.15, -0.1) is 0 Å². The first-order chi connectivity index (χ1) is 10.1. The van der Waals surface area contributed by atoms with Gasteiger partial charge in [-0.25, -0.2) is 0 Å². The molecule has 2 N–H and O–H groups in total. The minimum absolute atomic E-state index is 0.0840. The van der Waals surface area contributed by atoms with Gasteiger partial charge in [0.15, 0.2) is 0 Å². The standard InChI is InChI=1S/C17H24N2OS/c1-2-19(12-14-9-6-10-14)17(20)15(16(18)21)11-13-7-4-3-5-8-13/h3-5,7-8,14-15H,2,6,9-12H2,1H3,(H2,18,21). The smallest absolute Gasteiger partial charge is 0.232 e. The number of hydrogen-bond acceptors (Lipinski definition) is 2. The van der Waals surface area contributed by atoms with Crippen molar-refractivity contribution in [1.29, 1.82) is 0 Å². The zero-order chi connectivity index (χ0) is 15.2. The third-order valence-corrected chi connectivity index (χ3v) is 4.61. The predicted molar refractivity (Wildman–Crippen MR) is 90.0 cm³/mol. The van der Waals surface area contributed by atoms with Gasteiger partial charge in [0.2, 0.25) is 5.91 Å². The largest absolute Gasteiger partial charge is 0.393 e. The van der Waals surface area contributed by atoms with Crippen LogP contribution in [0.3, 0.4) is 0 Å². The van der Waals surface area contributed by atoms with E-state index in [9.17, 15) is 4.79 Å². The van der Waals surface area contributed by atoms with Crippen molar-refractivity contribution in [3.63, 3.8) is 0 Å². The zero-order valence-electron chi connectivity index (χ0n) is 12.6. The molecule has 1 aliphatic rings. The summed E-state index contributed by atoms with van der Waals surface area (Å²) in [5.74, 6) is 0.362. The van der Waals surface area contributed by atoms with Crippen molar-refractivity contribution in [2.24, 2.45) is 17.6 Å².